The van der Waals surface area contributed by atoms with Crippen molar-refractivity contribution in [1.82, 2.24) is 0 Å². The van der Waals surface area contributed by atoms with E-state index < -0.39 is 0 Å². The molecule has 0 radical (unpaired) electrons. The first-order chi connectivity index (χ1) is 28.8. The summed E-state index contributed by atoms with van der Waals surface area (Å²) in [5.41, 5.74) is 21.4. The predicted molar refractivity (Wildman–Crippen MR) is 250 cm³/mol. The molecule has 0 unspecified atom stereocenters. The minimum absolute atomic E-state index is 0.0553. The second-order valence-corrected chi connectivity index (χ2v) is 17.3. The molecular weight excluding hydrogens is 711 g/mol. The summed E-state index contributed by atoms with van der Waals surface area (Å²) < 4.78 is 0. The third-order valence-corrected chi connectivity index (χ3v) is 13.2. The second-order valence-electron chi connectivity index (χ2n) is 17.3. The predicted octanol–water partition coefficient (Wildman–Crippen LogP) is 15.9. The summed E-state index contributed by atoms with van der Waals surface area (Å²) in [6.07, 6.45) is 0. The van der Waals surface area contributed by atoms with Crippen LogP contribution in [0, 0.1) is 0 Å². The Hall–Kier alpha value is -6.96. The average molecular weight is 756 g/mol. The number of nitrogens with zero attached hydrogens (tertiary/aromatic N) is 1. The minimum Gasteiger partial charge on any atom is -0.309 e. The van der Waals surface area contributed by atoms with Crippen molar-refractivity contribution in [3.05, 3.63) is 222 Å². The molecule has 0 spiro atoms. The van der Waals surface area contributed by atoms with Gasteiger partial charge in [-0.2, -0.15) is 0 Å². The summed E-state index contributed by atoms with van der Waals surface area (Å²) in [6, 6.07) is 74.2. The van der Waals surface area contributed by atoms with Crippen molar-refractivity contribution in [2.24, 2.45) is 0 Å². The molecule has 0 fully saturated rings. The molecule has 2 aliphatic carbocycles. The smallest absolute Gasteiger partial charge is 0.0624 e. The van der Waals surface area contributed by atoms with Gasteiger partial charge in [-0.1, -0.05) is 198 Å². The number of benzene rings is 9. The molecule has 9 aromatic carbocycles. The molecule has 1 heteroatoms. The second kappa shape index (κ2) is 13.3. The molecule has 0 N–H and O–H groups in total. The van der Waals surface area contributed by atoms with E-state index >= 15 is 0 Å². The van der Waals surface area contributed by atoms with Crippen molar-refractivity contribution in [1.29, 1.82) is 0 Å². The first-order valence-corrected chi connectivity index (χ1v) is 20.9. The fraction of sp³-hybridized carbons (Fsp3) is 0.103. The van der Waals surface area contributed by atoms with Crippen molar-refractivity contribution < 1.29 is 0 Å². The Kier molecular flexibility index (Phi) is 7.94. The van der Waals surface area contributed by atoms with E-state index in [0.29, 0.717) is 0 Å². The Morgan fingerprint density at radius 1 is 0.322 bits per heavy atom. The minimum atomic E-state index is -0.177. The molecule has 0 aliphatic heterocycles. The van der Waals surface area contributed by atoms with Crippen LogP contribution in [0.2, 0.25) is 0 Å². The molecule has 0 saturated carbocycles. The monoisotopic (exact) mass is 755 g/mol. The van der Waals surface area contributed by atoms with E-state index in [-0.39, 0.29) is 10.8 Å². The lowest BCUT2D eigenvalue weighted by atomic mass is 9.78. The number of hydrogen-bond donors (Lipinski definition) is 0. The van der Waals surface area contributed by atoms with Crippen molar-refractivity contribution in [3.8, 4) is 55.6 Å². The number of rotatable bonds is 6. The fourth-order valence-corrected chi connectivity index (χ4v) is 10.4. The first-order valence-electron chi connectivity index (χ1n) is 20.9. The van der Waals surface area contributed by atoms with Crippen molar-refractivity contribution >= 4 is 27.8 Å². The summed E-state index contributed by atoms with van der Waals surface area (Å²) in [7, 11) is 0. The number of hydrogen-bond acceptors (Lipinski definition) is 1. The largest absolute Gasteiger partial charge is 0.309 e. The van der Waals surface area contributed by atoms with Crippen LogP contribution in [0.5, 0.6) is 0 Å². The van der Waals surface area contributed by atoms with Crippen LogP contribution in [0.1, 0.15) is 49.9 Å². The zero-order chi connectivity index (χ0) is 39.9. The van der Waals surface area contributed by atoms with E-state index in [1.165, 1.54) is 94.3 Å². The van der Waals surface area contributed by atoms with Crippen LogP contribution < -0.4 is 4.90 Å². The topological polar surface area (TPSA) is 3.24 Å². The van der Waals surface area contributed by atoms with Gasteiger partial charge in [0.05, 0.1) is 5.69 Å². The van der Waals surface area contributed by atoms with Gasteiger partial charge in [-0.05, 0) is 108 Å². The summed E-state index contributed by atoms with van der Waals surface area (Å²) in [5, 5.41) is 2.53. The van der Waals surface area contributed by atoms with Gasteiger partial charge in [0.2, 0.25) is 0 Å². The van der Waals surface area contributed by atoms with Crippen LogP contribution in [-0.2, 0) is 10.8 Å². The average Bonchev–Trinajstić information content (AvgIpc) is 3.67. The van der Waals surface area contributed by atoms with E-state index in [0.717, 1.165) is 11.4 Å². The van der Waals surface area contributed by atoms with Gasteiger partial charge < -0.3 is 4.90 Å². The van der Waals surface area contributed by atoms with E-state index in [9.17, 15) is 0 Å². The summed E-state index contributed by atoms with van der Waals surface area (Å²) in [5.74, 6) is 0. The van der Waals surface area contributed by atoms with Gasteiger partial charge in [0.15, 0.2) is 0 Å². The van der Waals surface area contributed by atoms with Crippen LogP contribution in [0.25, 0.3) is 66.4 Å². The first kappa shape index (κ1) is 35.2. The maximum atomic E-state index is 2.51. The molecule has 9 aromatic rings. The molecule has 11 rings (SSSR count). The van der Waals surface area contributed by atoms with Gasteiger partial charge in [-0.3, -0.25) is 0 Å². The maximum absolute atomic E-state index is 2.51. The highest BCUT2D eigenvalue weighted by molar-refractivity contribution is 6.15. The highest BCUT2D eigenvalue weighted by Gasteiger charge is 2.41. The summed E-state index contributed by atoms with van der Waals surface area (Å²) >= 11 is 0. The van der Waals surface area contributed by atoms with Gasteiger partial charge in [-0.25, -0.2) is 0 Å². The highest BCUT2D eigenvalue weighted by atomic mass is 15.1. The molecule has 0 atom stereocenters. The van der Waals surface area contributed by atoms with E-state index in [4.69, 9.17) is 0 Å². The normalized spacial score (nSPS) is 14.0. The Balaban J connectivity index is 1.15. The Morgan fingerprint density at radius 2 is 0.780 bits per heavy atom. The van der Waals surface area contributed by atoms with Crippen LogP contribution in [0.15, 0.2) is 200 Å². The van der Waals surface area contributed by atoms with Gasteiger partial charge in [0, 0.05) is 33.2 Å². The Bertz CT molecular complexity index is 3060. The molecule has 282 valence electrons. The third kappa shape index (κ3) is 5.38. The van der Waals surface area contributed by atoms with E-state index in [1.54, 1.807) is 0 Å². The Labute approximate surface area is 347 Å². The molecule has 1 nitrogen and oxygen atoms in total. The number of fused-ring (bicyclic) bond motifs is 8. The fourth-order valence-electron chi connectivity index (χ4n) is 10.4. The molecule has 59 heavy (non-hydrogen) atoms. The molecule has 0 amide bonds. The van der Waals surface area contributed by atoms with E-state index in [1.807, 2.05) is 0 Å². The third-order valence-electron chi connectivity index (χ3n) is 13.2. The van der Waals surface area contributed by atoms with Crippen molar-refractivity contribution in [2.75, 3.05) is 4.90 Å². The quantitative estimate of drug-likeness (QED) is 0.163. The molecule has 0 heterocycles. The van der Waals surface area contributed by atoms with Gasteiger partial charge in [0.1, 0.15) is 0 Å². The summed E-state index contributed by atoms with van der Waals surface area (Å²) in [4.78, 5) is 2.51. The van der Waals surface area contributed by atoms with Crippen LogP contribution >= 0.6 is 0 Å². The lowest BCUT2D eigenvalue weighted by molar-refractivity contribution is 0.660. The molecule has 0 aromatic heterocycles. The van der Waals surface area contributed by atoms with Crippen LogP contribution in [0.3, 0.4) is 0 Å². The standard InChI is InChI=1S/C58H45N/c1-57(2)50-25-15-13-21-45(50)46-36-31-42(37-52(46)57)40-29-34-44(35-30-40)59(43-32-27-39(28-33-43)38-17-7-5-8-18-38)56-48-23-12-11-22-47(48)55-54(53(56)41-19-9-6-10-20-41)49-24-14-16-26-51(49)58(55,3)4/h5-37H,1-4H3. The summed E-state index contributed by atoms with van der Waals surface area (Å²) in [6.45, 7) is 9.51. The van der Waals surface area contributed by atoms with Gasteiger partial charge >= 0.3 is 0 Å². The highest BCUT2D eigenvalue weighted by Crippen LogP contribution is 2.59. The zero-order valence-electron chi connectivity index (χ0n) is 34.0. The van der Waals surface area contributed by atoms with Gasteiger partial charge in [-0.15, -0.1) is 0 Å². The molecule has 0 saturated heterocycles. The molecule has 0 bridgehead atoms. The zero-order valence-corrected chi connectivity index (χ0v) is 34.0. The SMILES string of the molecule is CC1(C)c2ccccc2-c2ccc(-c3ccc(N(c4ccc(-c5ccccc5)cc4)c4c(-c5ccccc5)c5c(c6ccccc46)C(C)(C)c4ccccc4-5)cc3)cc21. The Morgan fingerprint density at radius 3 is 1.42 bits per heavy atom. The lowest BCUT2D eigenvalue weighted by Crippen LogP contribution is -2.17. The molecular formula is C58H45N. The van der Waals surface area contributed by atoms with Crippen molar-refractivity contribution in [2.45, 2.75) is 38.5 Å². The van der Waals surface area contributed by atoms with Crippen LogP contribution in [0.4, 0.5) is 17.1 Å². The lowest BCUT2D eigenvalue weighted by Gasteiger charge is -2.32. The van der Waals surface area contributed by atoms with E-state index in [2.05, 4.69) is 233 Å². The van der Waals surface area contributed by atoms with Crippen LogP contribution in [-0.4, -0.2) is 0 Å². The molecule has 2 aliphatic rings. The maximum Gasteiger partial charge on any atom is 0.0624 e. The van der Waals surface area contributed by atoms with Crippen molar-refractivity contribution in [3.63, 3.8) is 0 Å². The number of anilines is 3. The van der Waals surface area contributed by atoms with Gasteiger partial charge in [0.25, 0.3) is 0 Å².